The van der Waals surface area contributed by atoms with Gasteiger partial charge < -0.3 is 15.1 Å². The predicted octanol–water partition coefficient (Wildman–Crippen LogP) is 3.77. The van der Waals surface area contributed by atoms with Crippen LogP contribution in [0.15, 0.2) is 42.5 Å². The molecule has 0 saturated carbocycles. The highest BCUT2D eigenvalue weighted by molar-refractivity contribution is 6.32. The summed E-state index contributed by atoms with van der Waals surface area (Å²) < 4.78 is 0. The van der Waals surface area contributed by atoms with Crippen molar-refractivity contribution in [1.29, 1.82) is 0 Å². The molecule has 6 heteroatoms. The van der Waals surface area contributed by atoms with Crippen molar-refractivity contribution >= 4 is 35.1 Å². The number of hydrogen-bond acceptors (Lipinski definition) is 4. The molecular weight excluding hydrogens is 342 g/mol. The Labute approximate surface area is 149 Å². The fourth-order valence-electron chi connectivity index (χ4n) is 2.70. The number of carbonyl (C=O) groups is 2. The minimum atomic E-state index is -0.391. The Morgan fingerprint density at radius 2 is 1.88 bits per heavy atom. The summed E-state index contributed by atoms with van der Waals surface area (Å²) >= 11 is 5.78. The van der Waals surface area contributed by atoms with Crippen LogP contribution in [0.1, 0.15) is 28.8 Å². The van der Waals surface area contributed by atoms with Crippen LogP contribution in [0.3, 0.4) is 0 Å². The number of nitrogens with zero attached hydrogens (tertiary/aromatic N) is 1. The Balaban J connectivity index is 1.74. The van der Waals surface area contributed by atoms with Gasteiger partial charge in [0.2, 0.25) is 5.91 Å². The quantitative estimate of drug-likeness (QED) is 0.496. The summed E-state index contributed by atoms with van der Waals surface area (Å²) in [7, 11) is 0. The number of benzene rings is 2. The average Bonchev–Trinajstić information content (AvgIpc) is 3.03. The number of allylic oxidation sites excluding steroid dienone is 1. The van der Waals surface area contributed by atoms with E-state index < -0.39 is 5.75 Å². The fraction of sp³-hybridized carbons (Fsp3) is 0.158. The van der Waals surface area contributed by atoms with Crippen LogP contribution in [0.4, 0.5) is 5.69 Å². The molecule has 0 unspecified atom stereocenters. The summed E-state index contributed by atoms with van der Waals surface area (Å²) in [5.41, 5.74) is 1.77. The minimum absolute atomic E-state index is 0.00623. The molecule has 0 aliphatic carbocycles. The monoisotopic (exact) mass is 357 g/mol. The van der Waals surface area contributed by atoms with Crippen molar-refractivity contribution in [3.8, 4) is 11.5 Å². The molecule has 2 aromatic carbocycles. The van der Waals surface area contributed by atoms with Crippen molar-refractivity contribution in [1.82, 2.24) is 0 Å². The molecule has 1 heterocycles. The average molecular weight is 358 g/mol. The first kappa shape index (κ1) is 17.0. The fourth-order valence-corrected chi connectivity index (χ4v) is 2.92. The van der Waals surface area contributed by atoms with Crippen molar-refractivity contribution in [2.75, 3.05) is 11.4 Å². The van der Waals surface area contributed by atoms with Gasteiger partial charge in [-0.3, -0.25) is 9.59 Å². The molecule has 25 heavy (non-hydrogen) atoms. The maximum atomic E-state index is 12.2. The van der Waals surface area contributed by atoms with Crippen molar-refractivity contribution in [3.63, 3.8) is 0 Å². The van der Waals surface area contributed by atoms with Gasteiger partial charge in [-0.25, -0.2) is 0 Å². The van der Waals surface area contributed by atoms with Gasteiger partial charge in [0.15, 0.2) is 17.3 Å². The molecule has 0 spiro atoms. The number of anilines is 1. The molecule has 2 N–H and O–H groups in total. The van der Waals surface area contributed by atoms with Crippen molar-refractivity contribution < 1.29 is 19.8 Å². The van der Waals surface area contributed by atoms with E-state index in [1.165, 1.54) is 24.3 Å². The van der Waals surface area contributed by atoms with Crippen LogP contribution < -0.4 is 4.90 Å². The lowest BCUT2D eigenvalue weighted by molar-refractivity contribution is -0.117. The molecule has 1 aliphatic rings. The minimum Gasteiger partial charge on any atom is -0.504 e. The highest BCUT2D eigenvalue weighted by Gasteiger charge is 2.21. The molecule has 2 aromatic rings. The number of hydrogen-bond donors (Lipinski definition) is 2. The summed E-state index contributed by atoms with van der Waals surface area (Å²) in [6, 6.07) is 9.63. The van der Waals surface area contributed by atoms with Crippen LogP contribution in [0, 0.1) is 0 Å². The molecular formula is C19H16ClNO4. The number of amides is 1. The zero-order chi connectivity index (χ0) is 18.0. The second kappa shape index (κ2) is 6.99. The van der Waals surface area contributed by atoms with E-state index in [4.69, 9.17) is 11.6 Å². The van der Waals surface area contributed by atoms with E-state index in [9.17, 15) is 19.8 Å². The second-order valence-corrected chi connectivity index (χ2v) is 6.17. The predicted molar refractivity (Wildman–Crippen MR) is 96.2 cm³/mol. The van der Waals surface area contributed by atoms with Gasteiger partial charge in [0.25, 0.3) is 0 Å². The number of aromatic hydroxyl groups is 2. The van der Waals surface area contributed by atoms with Gasteiger partial charge in [-0.15, -0.1) is 0 Å². The SMILES string of the molecule is O=C(/C=C/c1cc(O)c(O)c(Cl)c1)c1ccc(N2CCCC2=O)cc1. The Morgan fingerprint density at radius 1 is 1.16 bits per heavy atom. The molecule has 5 nitrogen and oxygen atoms in total. The standard InChI is InChI=1S/C19H16ClNO4/c20-15-10-12(11-17(23)19(15)25)3-8-16(22)13-4-6-14(7-5-13)21-9-1-2-18(21)24/h3-8,10-11,23,25H,1-2,9H2/b8-3+. The summed E-state index contributed by atoms with van der Waals surface area (Å²) in [4.78, 5) is 25.7. The van der Waals surface area contributed by atoms with E-state index in [2.05, 4.69) is 0 Å². The Morgan fingerprint density at radius 3 is 2.48 bits per heavy atom. The van der Waals surface area contributed by atoms with Crippen LogP contribution in [0.25, 0.3) is 6.08 Å². The number of carbonyl (C=O) groups excluding carboxylic acids is 2. The van der Waals surface area contributed by atoms with Gasteiger partial charge in [-0.2, -0.15) is 0 Å². The number of halogens is 1. The normalized spacial score (nSPS) is 14.4. The van der Waals surface area contributed by atoms with Gasteiger partial charge in [-0.1, -0.05) is 17.7 Å². The van der Waals surface area contributed by atoms with Crippen molar-refractivity contribution in [2.45, 2.75) is 12.8 Å². The maximum Gasteiger partial charge on any atom is 0.227 e. The van der Waals surface area contributed by atoms with Gasteiger partial charge in [-0.05, 0) is 54.5 Å². The molecule has 1 aliphatic heterocycles. The van der Waals surface area contributed by atoms with Crippen molar-refractivity contribution in [3.05, 3.63) is 58.6 Å². The summed E-state index contributed by atoms with van der Waals surface area (Å²) in [5.74, 6) is -0.859. The van der Waals surface area contributed by atoms with Crippen LogP contribution in [0.2, 0.25) is 5.02 Å². The van der Waals surface area contributed by atoms with E-state index in [0.29, 0.717) is 24.1 Å². The first-order valence-electron chi connectivity index (χ1n) is 7.80. The Bertz CT molecular complexity index is 835. The van der Waals surface area contributed by atoms with Gasteiger partial charge >= 0.3 is 0 Å². The Kier molecular flexibility index (Phi) is 4.76. The lowest BCUT2D eigenvalue weighted by Crippen LogP contribution is -2.23. The second-order valence-electron chi connectivity index (χ2n) is 5.76. The lowest BCUT2D eigenvalue weighted by atomic mass is 10.1. The van der Waals surface area contributed by atoms with Crippen molar-refractivity contribution in [2.24, 2.45) is 0 Å². The van der Waals surface area contributed by atoms with E-state index >= 15 is 0 Å². The highest BCUT2D eigenvalue weighted by Crippen LogP contribution is 2.34. The number of rotatable bonds is 4. The molecule has 3 rings (SSSR count). The Hall–Kier alpha value is -2.79. The van der Waals surface area contributed by atoms with Crippen LogP contribution in [-0.2, 0) is 4.79 Å². The summed E-state index contributed by atoms with van der Waals surface area (Å²) in [6.07, 6.45) is 4.28. The number of phenolic OH excluding ortho intramolecular Hbond substituents is 2. The third-order valence-corrected chi connectivity index (χ3v) is 4.32. The molecule has 0 atom stereocenters. The van der Waals surface area contributed by atoms with Crippen LogP contribution >= 0.6 is 11.6 Å². The molecule has 0 radical (unpaired) electrons. The summed E-state index contributed by atoms with van der Waals surface area (Å²) in [5, 5.41) is 19.0. The molecule has 1 saturated heterocycles. The maximum absolute atomic E-state index is 12.2. The molecule has 0 aromatic heterocycles. The number of phenols is 2. The third-order valence-electron chi connectivity index (χ3n) is 4.03. The third kappa shape index (κ3) is 3.67. The first-order chi connectivity index (χ1) is 12.0. The molecule has 0 bridgehead atoms. The first-order valence-corrected chi connectivity index (χ1v) is 8.18. The molecule has 1 amide bonds. The molecule has 128 valence electrons. The van der Waals surface area contributed by atoms with Gasteiger partial charge in [0.1, 0.15) is 0 Å². The van der Waals surface area contributed by atoms with Crippen LogP contribution in [0.5, 0.6) is 11.5 Å². The van der Waals surface area contributed by atoms with Gasteiger partial charge in [0, 0.05) is 24.2 Å². The summed E-state index contributed by atoms with van der Waals surface area (Å²) in [6.45, 7) is 0.705. The van der Waals surface area contributed by atoms with Gasteiger partial charge in [0.05, 0.1) is 5.02 Å². The lowest BCUT2D eigenvalue weighted by Gasteiger charge is -2.15. The smallest absolute Gasteiger partial charge is 0.227 e. The molecule has 1 fully saturated rings. The zero-order valence-electron chi connectivity index (χ0n) is 13.3. The van der Waals surface area contributed by atoms with E-state index in [1.807, 2.05) is 0 Å². The zero-order valence-corrected chi connectivity index (χ0v) is 14.0. The van der Waals surface area contributed by atoms with E-state index in [0.717, 1.165) is 12.1 Å². The van der Waals surface area contributed by atoms with Crippen LogP contribution in [-0.4, -0.2) is 28.4 Å². The van der Waals surface area contributed by atoms with E-state index in [-0.39, 0.29) is 22.5 Å². The largest absolute Gasteiger partial charge is 0.504 e. The van der Waals surface area contributed by atoms with E-state index in [1.54, 1.807) is 29.2 Å². The highest BCUT2D eigenvalue weighted by atomic mass is 35.5. The topological polar surface area (TPSA) is 77.8 Å². The number of ketones is 1.